The van der Waals surface area contributed by atoms with Crippen LogP contribution in [0.3, 0.4) is 0 Å². The third-order valence-corrected chi connectivity index (χ3v) is 5.41. The fourth-order valence-electron chi connectivity index (χ4n) is 3.25. The Kier molecular flexibility index (Phi) is 8.87. The predicted octanol–water partition coefficient (Wildman–Crippen LogP) is 3.26. The van der Waals surface area contributed by atoms with Gasteiger partial charge in [-0.1, -0.05) is 50.6 Å². The SMILES string of the molecule is CCC(C)C(NC(=O)c1ccccc1)C(=O)NCC(c1ccc(OC)cc1)N(C)C. The Morgan fingerprint density at radius 3 is 2.20 bits per heavy atom. The number of carbonyl (C=O) groups excluding carboxylic acids is 2. The van der Waals surface area contributed by atoms with Gasteiger partial charge in [0.25, 0.3) is 5.91 Å². The third-order valence-electron chi connectivity index (χ3n) is 5.41. The van der Waals surface area contributed by atoms with Crippen molar-refractivity contribution in [2.24, 2.45) is 5.92 Å². The summed E-state index contributed by atoms with van der Waals surface area (Å²) in [5, 5.41) is 5.95. The number of nitrogens with zero attached hydrogens (tertiary/aromatic N) is 1. The molecule has 0 saturated heterocycles. The van der Waals surface area contributed by atoms with Crippen LogP contribution >= 0.6 is 0 Å². The minimum Gasteiger partial charge on any atom is -0.497 e. The van der Waals surface area contributed by atoms with Gasteiger partial charge in [0.05, 0.1) is 13.2 Å². The molecule has 0 fully saturated rings. The molecule has 0 radical (unpaired) electrons. The van der Waals surface area contributed by atoms with Crippen molar-refractivity contribution in [2.75, 3.05) is 27.7 Å². The molecule has 0 aliphatic carbocycles. The monoisotopic (exact) mass is 411 g/mol. The minimum atomic E-state index is -0.596. The molecule has 0 spiro atoms. The van der Waals surface area contributed by atoms with Gasteiger partial charge in [-0.3, -0.25) is 9.59 Å². The molecule has 2 amide bonds. The van der Waals surface area contributed by atoms with Crippen molar-refractivity contribution >= 4 is 11.8 Å². The molecule has 2 N–H and O–H groups in total. The van der Waals surface area contributed by atoms with E-state index in [0.717, 1.165) is 17.7 Å². The highest BCUT2D eigenvalue weighted by Gasteiger charge is 2.27. The maximum Gasteiger partial charge on any atom is 0.251 e. The Morgan fingerprint density at radius 1 is 1.03 bits per heavy atom. The van der Waals surface area contributed by atoms with Crippen LogP contribution in [-0.4, -0.2) is 50.5 Å². The second-order valence-electron chi connectivity index (χ2n) is 7.70. The van der Waals surface area contributed by atoms with E-state index in [1.165, 1.54) is 0 Å². The molecule has 0 heterocycles. The number of carbonyl (C=O) groups is 2. The number of amides is 2. The van der Waals surface area contributed by atoms with E-state index in [4.69, 9.17) is 4.74 Å². The molecule has 6 heteroatoms. The fraction of sp³-hybridized carbons (Fsp3) is 0.417. The Bertz CT molecular complexity index is 806. The van der Waals surface area contributed by atoms with Crippen molar-refractivity contribution < 1.29 is 14.3 Å². The average Bonchev–Trinajstić information content (AvgIpc) is 2.77. The normalized spacial score (nSPS) is 13.9. The summed E-state index contributed by atoms with van der Waals surface area (Å²) in [7, 11) is 5.59. The first kappa shape index (κ1) is 23.4. The van der Waals surface area contributed by atoms with Crippen LogP contribution in [0.2, 0.25) is 0 Å². The van der Waals surface area contributed by atoms with Crippen molar-refractivity contribution in [1.82, 2.24) is 15.5 Å². The molecular weight excluding hydrogens is 378 g/mol. The van der Waals surface area contributed by atoms with Crippen LogP contribution in [0.1, 0.15) is 42.2 Å². The van der Waals surface area contributed by atoms with Crippen LogP contribution in [0.25, 0.3) is 0 Å². The van der Waals surface area contributed by atoms with E-state index in [0.29, 0.717) is 12.1 Å². The number of methoxy groups -OCH3 is 1. The molecule has 0 aromatic heterocycles. The lowest BCUT2D eigenvalue weighted by atomic mass is 9.97. The first-order valence-corrected chi connectivity index (χ1v) is 10.3. The van der Waals surface area contributed by atoms with Gasteiger partial charge in [-0.15, -0.1) is 0 Å². The summed E-state index contributed by atoms with van der Waals surface area (Å²) in [6.07, 6.45) is 0.781. The maximum atomic E-state index is 13.0. The molecule has 2 rings (SSSR count). The van der Waals surface area contributed by atoms with E-state index in [1.807, 2.05) is 70.4 Å². The second kappa shape index (κ2) is 11.4. The largest absolute Gasteiger partial charge is 0.497 e. The molecule has 0 bridgehead atoms. The lowest BCUT2D eigenvalue weighted by Gasteiger charge is -2.28. The third kappa shape index (κ3) is 6.32. The van der Waals surface area contributed by atoms with Crippen LogP contribution in [0, 0.1) is 5.92 Å². The zero-order valence-electron chi connectivity index (χ0n) is 18.5. The molecule has 162 valence electrons. The highest BCUT2D eigenvalue weighted by atomic mass is 16.5. The molecule has 2 aromatic rings. The summed E-state index contributed by atoms with van der Waals surface area (Å²) in [4.78, 5) is 27.7. The number of rotatable bonds is 10. The lowest BCUT2D eigenvalue weighted by Crippen LogP contribution is -2.51. The molecule has 30 heavy (non-hydrogen) atoms. The van der Waals surface area contributed by atoms with Crippen LogP contribution in [0.5, 0.6) is 5.75 Å². The molecule has 3 atom stereocenters. The van der Waals surface area contributed by atoms with Crippen molar-refractivity contribution in [3.63, 3.8) is 0 Å². The molecule has 2 aromatic carbocycles. The zero-order valence-corrected chi connectivity index (χ0v) is 18.5. The Labute approximate surface area is 179 Å². The van der Waals surface area contributed by atoms with Crippen molar-refractivity contribution in [2.45, 2.75) is 32.4 Å². The van der Waals surface area contributed by atoms with Gasteiger partial charge in [0, 0.05) is 12.1 Å². The summed E-state index contributed by atoms with van der Waals surface area (Å²) in [6.45, 7) is 4.42. The summed E-state index contributed by atoms with van der Waals surface area (Å²) in [5.74, 6) is 0.390. The van der Waals surface area contributed by atoms with Gasteiger partial charge in [-0.2, -0.15) is 0 Å². The summed E-state index contributed by atoms with van der Waals surface area (Å²) >= 11 is 0. The second-order valence-corrected chi connectivity index (χ2v) is 7.70. The van der Waals surface area contributed by atoms with E-state index < -0.39 is 6.04 Å². The lowest BCUT2D eigenvalue weighted by molar-refractivity contribution is -0.124. The molecule has 0 aliphatic heterocycles. The van der Waals surface area contributed by atoms with Gasteiger partial charge >= 0.3 is 0 Å². The Morgan fingerprint density at radius 2 is 1.67 bits per heavy atom. The number of hydrogen-bond donors (Lipinski definition) is 2. The highest BCUT2D eigenvalue weighted by Crippen LogP contribution is 2.21. The van der Waals surface area contributed by atoms with E-state index in [-0.39, 0.29) is 23.8 Å². The van der Waals surface area contributed by atoms with Crippen LogP contribution in [0.15, 0.2) is 54.6 Å². The smallest absolute Gasteiger partial charge is 0.251 e. The predicted molar refractivity (Wildman–Crippen MR) is 120 cm³/mol. The molecular formula is C24H33N3O3. The quantitative estimate of drug-likeness (QED) is 0.630. The Balaban J connectivity index is 2.08. The van der Waals surface area contributed by atoms with Gasteiger partial charge in [-0.25, -0.2) is 0 Å². The highest BCUT2D eigenvalue weighted by molar-refractivity contribution is 5.97. The van der Waals surface area contributed by atoms with Gasteiger partial charge < -0.3 is 20.3 Å². The number of nitrogens with one attached hydrogen (secondary N) is 2. The first-order chi connectivity index (χ1) is 14.4. The first-order valence-electron chi connectivity index (χ1n) is 10.3. The standard InChI is InChI=1S/C24H33N3O3/c1-6-17(2)22(26-23(28)19-10-8-7-9-11-19)24(29)25-16-21(27(3)4)18-12-14-20(30-5)15-13-18/h7-15,17,21-22H,6,16H2,1-5H3,(H,25,29)(H,26,28). The van der Waals surface area contributed by atoms with Crippen molar-refractivity contribution in [3.05, 3.63) is 65.7 Å². The molecule has 6 nitrogen and oxygen atoms in total. The number of likely N-dealkylation sites (N-methyl/N-ethyl adjacent to an activating group) is 1. The van der Waals surface area contributed by atoms with E-state index in [9.17, 15) is 9.59 Å². The topological polar surface area (TPSA) is 70.7 Å². The number of hydrogen-bond acceptors (Lipinski definition) is 4. The van der Waals surface area contributed by atoms with Gasteiger partial charge in [0.1, 0.15) is 11.8 Å². The van der Waals surface area contributed by atoms with Gasteiger partial charge in [-0.05, 0) is 49.8 Å². The molecule has 0 saturated carbocycles. The van der Waals surface area contributed by atoms with Crippen molar-refractivity contribution in [1.29, 1.82) is 0 Å². The van der Waals surface area contributed by atoms with E-state index in [2.05, 4.69) is 15.5 Å². The van der Waals surface area contributed by atoms with E-state index in [1.54, 1.807) is 19.2 Å². The number of benzene rings is 2. The van der Waals surface area contributed by atoms with E-state index >= 15 is 0 Å². The average molecular weight is 412 g/mol. The summed E-state index contributed by atoms with van der Waals surface area (Å²) < 4.78 is 5.23. The minimum absolute atomic E-state index is 0.00210. The fourth-order valence-corrected chi connectivity index (χ4v) is 3.25. The van der Waals surface area contributed by atoms with Crippen molar-refractivity contribution in [3.8, 4) is 5.75 Å². The summed E-state index contributed by atoms with van der Waals surface area (Å²) in [6, 6.07) is 16.2. The van der Waals surface area contributed by atoms with Gasteiger partial charge in [0.15, 0.2) is 0 Å². The van der Waals surface area contributed by atoms with Gasteiger partial charge in [0.2, 0.25) is 5.91 Å². The Hall–Kier alpha value is -2.86. The zero-order chi connectivity index (χ0) is 22.1. The molecule has 3 unspecified atom stereocenters. The number of ether oxygens (including phenoxy) is 1. The van der Waals surface area contributed by atoms with Crippen LogP contribution < -0.4 is 15.4 Å². The van der Waals surface area contributed by atoms with Crippen LogP contribution in [-0.2, 0) is 4.79 Å². The molecule has 0 aliphatic rings. The van der Waals surface area contributed by atoms with Crippen LogP contribution in [0.4, 0.5) is 0 Å². The summed E-state index contributed by atoms with van der Waals surface area (Å²) in [5.41, 5.74) is 1.62. The maximum absolute atomic E-state index is 13.0.